The second-order valence-electron chi connectivity index (χ2n) is 7.99. The third-order valence-corrected chi connectivity index (χ3v) is 6.28. The van der Waals surface area contributed by atoms with E-state index >= 15 is 0 Å². The Morgan fingerprint density at radius 2 is 2.21 bits per heavy atom. The number of likely N-dealkylation sites (tertiary alicyclic amines) is 1. The minimum absolute atomic E-state index is 0.0566. The highest BCUT2D eigenvalue weighted by atomic mass is 32.1. The lowest BCUT2D eigenvalue weighted by molar-refractivity contribution is 0.0949. The maximum absolute atomic E-state index is 14.3. The lowest BCUT2D eigenvalue weighted by Crippen LogP contribution is -2.50. The van der Waals surface area contributed by atoms with Crippen LogP contribution in [0.15, 0.2) is 23.2 Å². The summed E-state index contributed by atoms with van der Waals surface area (Å²) in [6.45, 7) is 1.79. The van der Waals surface area contributed by atoms with Crippen molar-refractivity contribution in [2.45, 2.75) is 44.8 Å². The molecule has 2 atom stereocenters. The van der Waals surface area contributed by atoms with E-state index in [-0.39, 0.29) is 27.1 Å². The van der Waals surface area contributed by atoms with E-state index in [0.717, 1.165) is 23.1 Å². The van der Waals surface area contributed by atoms with Gasteiger partial charge >= 0.3 is 0 Å². The fourth-order valence-corrected chi connectivity index (χ4v) is 4.52. The van der Waals surface area contributed by atoms with Crippen molar-refractivity contribution < 1.29 is 23.1 Å². The highest BCUT2D eigenvalue weighted by Crippen LogP contribution is 2.32. The first-order valence-electron chi connectivity index (χ1n) is 10.8. The third kappa shape index (κ3) is 6.32. The Bertz CT molecular complexity index is 1060. The average Bonchev–Trinajstić information content (AvgIpc) is 3.05. The van der Waals surface area contributed by atoms with E-state index in [1.807, 2.05) is 0 Å². The molecule has 2 aromatic rings. The summed E-state index contributed by atoms with van der Waals surface area (Å²) in [5, 5.41) is 20.6. The molecule has 8 nitrogen and oxygen atoms in total. The van der Waals surface area contributed by atoms with Gasteiger partial charge in [-0.05, 0) is 38.3 Å². The van der Waals surface area contributed by atoms with E-state index in [0.29, 0.717) is 32.4 Å². The van der Waals surface area contributed by atoms with Crippen molar-refractivity contribution >= 4 is 34.3 Å². The smallest absolute Gasteiger partial charge is 0.273 e. The Balaban J connectivity index is 1.85. The molecule has 0 bridgehead atoms. The summed E-state index contributed by atoms with van der Waals surface area (Å²) in [4.78, 5) is 22.8. The number of carbonyl (C=O) groups excluding carboxylic acids is 1. The predicted octanol–water partition coefficient (Wildman–Crippen LogP) is 3.10. The van der Waals surface area contributed by atoms with E-state index in [1.54, 1.807) is 24.0 Å². The van der Waals surface area contributed by atoms with E-state index in [2.05, 4.69) is 15.3 Å². The summed E-state index contributed by atoms with van der Waals surface area (Å²) in [5.74, 6) is -1.13. The molecular weight excluding hydrogens is 469 g/mol. The molecule has 2 unspecified atom stereocenters. The van der Waals surface area contributed by atoms with Gasteiger partial charge in [0.05, 0.1) is 6.10 Å². The maximum Gasteiger partial charge on any atom is 0.273 e. The number of hydrogen-bond donors (Lipinski definition) is 4. The molecule has 1 amide bonds. The van der Waals surface area contributed by atoms with Gasteiger partial charge < -0.3 is 26.5 Å². The number of anilines is 1. The number of aliphatic hydroxyl groups excluding tert-OH is 1. The zero-order valence-electron chi connectivity index (χ0n) is 18.6. The van der Waals surface area contributed by atoms with Crippen molar-refractivity contribution in [1.82, 2.24) is 15.2 Å². The summed E-state index contributed by atoms with van der Waals surface area (Å²) >= 11 is 0.948. The first kappa shape index (κ1) is 25.6. The van der Waals surface area contributed by atoms with Crippen LogP contribution in [-0.4, -0.2) is 71.2 Å². The Labute approximate surface area is 199 Å². The Morgan fingerprint density at radius 1 is 1.44 bits per heavy atom. The molecule has 2 heterocycles. The van der Waals surface area contributed by atoms with Crippen LogP contribution in [0.1, 0.15) is 35.3 Å². The van der Waals surface area contributed by atoms with Crippen LogP contribution < -0.4 is 11.1 Å². The third-order valence-electron chi connectivity index (χ3n) is 5.37. The number of aliphatic hydroxyl groups is 1. The van der Waals surface area contributed by atoms with Crippen molar-refractivity contribution in [3.8, 4) is 10.6 Å². The van der Waals surface area contributed by atoms with Crippen molar-refractivity contribution in [2.24, 2.45) is 4.99 Å². The highest BCUT2D eigenvalue weighted by Gasteiger charge is 2.27. The van der Waals surface area contributed by atoms with Gasteiger partial charge in [-0.15, -0.1) is 0 Å². The number of thiazole rings is 1. The Morgan fingerprint density at radius 3 is 2.91 bits per heavy atom. The molecule has 5 N–H and O–H groups in total. The molecule has 1 saturated heterocycles. The second kappa shape index (κ2) is 11.4. The number of aromatic nitrogens is 1. The molecule has 1 aliphatic heterocycles. The van der Waals surface area contributed by atoms with Gasteiger partial charge in [-0.3, -0.25) is 9.79 Å². The second-order valence-corrected chi connectivity index (χ2v) is 9.03. The minimum atomic E-state index is -2.70. The lowest BCUT2D eigenvalue weighted by Gasteiger charge is -2.29. The molecule has 1 fully saturated rings. The van der Waals surface area contributed by atoms with Gasteiger partial charge in [0.1, 0.15) is 34.2 Å². The van der Waals surface area contributed by atoms with Gasteiger partial charge in [0.15, 0.2) is 5.69 Å². The molecule has 1 aromatic heterocycles. The number of nitrogen functional groups attached to an aromatic ring is 1. The summed E-state index contributed by atoms with van der Waals surface area (Å²) in [6, 6.07) is 3.40. The number of hydrogen-bond acceptors (Lipinski definition) is 7. The van der Waals surface area contributed by atoms with Crippen LogP contribution in [0, 0.1) is 18.2 Å². The van der Waals surface area contributed by atoms with Gasteiger partial charge in [-0.2, -0.15) is 0 Å². The molecule has 34 heavy (non-hydrogen) atoms. The number of rotatable bonds is 7. The molecule has 0 radical (unpaired) electrons. The summed E-state index contributed by atoms with van der Waals surface area (Å²) in [7, 11) is 0. The summed E-state index contributed by atoms with van der Waals surface area (Å²) < 4.78 is 40.1. The fraction of sp³-hybridized carbons (Fsp3) is 0.455. The van der Waals surface area contributed by atoms with Crippen molar-refractivity contribution in [3.05, 3.63) is 35.3 Å². The van der Waals surface area contributed by atoms with Crippen molar-refractivity contribution in [2.75, 3.05) is 25.4 Å². The summed E-state index contributed by atoms with van der Waals surface area (Å²) in [6.07, 6.45) is -0.726. The first-order valence-corrected chi connectivity index (χ1v) is 11.6. The van der Waals surface area contributed by atoms with E-state index in [9.17, 15) is 23.1 Å². The van der Waals surface area contributed by atoms with Crippen LogP contribution in [0.25, 0.3) is 10.6 Å². The molecule has 0 spiro atoms. The standard InChI is InChI=1S/C22H27F3N6O2S/c1-12-4-5-15(23)14(9-12)22-30-18(19(27)34-22)21(33)29-16(10-26)20(28-11-17(24)25)31-7-2-3-13(32)6-8-31/h4-5,9-10,13,16-17,26,32H,2-3,6-8,11,27H2,1H3,(H,29,33). The van der Waals surface area contributed by atoms with Crippen LogP contribution >= 0.6 is 11.3 Å². The van der Waals surface area contributed by atoms with Crippen LogP contribution in [0.4, 0.5) is 18.2 Å². The number of nitrogens with zero attached hydrogens (tertiary/aromatic N) is 3. The van der Waals surface area contributed by atoms with Crippen molar-refractivity contribution in [3.63, 3.8) is 0 Å². The van der Waals surface area contributed by atoms with E-state index < -0.39 is 36.8 Å². The van der Waals surface area contributed by atoms with Gasteiger partial charge in [0, 0.05) is 24.9 Å². The SMILES string of the molecule is Cc1ccc(F)c(-c2nc(C(=O)NC(C=N)C(=NCC(F)F)N3CCCC(O)CC3)c(N)s2)c1. The number of amides is 1. The monoisotopic (exact) mass is 496 g/mol. The molecule has 0 saturated carbocycles. The predicted molar refractivity (Wildman–Crippen MR) is 126 cm³/mol. The molecular formula is C22H27F3N6O2S. The number of carbonyl (C=O) groups is 1. The Kier molecular flexibility index (Phi) is 8.61. The number of alkyl halides is 2. The number of benzene rings is 1. The number of aliphatic imine (C=N–C) groups is 1. The summed E-state index contributed by atoms with van der Waals surface area (Å²) in [5.41, 5.74) is 6.86. The number of halogens is 3. The Hall–Kier alpha value is -2.99. The number of aryl methyl sites for hydroxylation is 1. The average molecular weight is 497 g/mol. The van der Waals surface area contributed by atoms with E-state index in [4.69, 9.17) is 11.1 Å². The zero-order valence-corrected chi connectivity index (χ0v) is 19.4. The molecule has 184 valence electrons. The largest absolute Gasteiger partial charge is 0.393 e. The van der Waals surface area contributed by atoms with E-state index in [1.165, 1.54) is 6.07 Å². The maximum atomic E-state index is 14.3. The van der Waals surface area contributed by atoms with Gasteiger partial charge in [-0.1, -0.05) is 23.0 Å². The normalized spacial score (nSPS) is 18.0. The van der Waals surface area contributed by atoms with Gasteiger partial charge in [0.25, 0.3) is 12.3 Å². The number of amidine groups is 1. The number of nitrogens with two attached hydrogens (primary N) is 1. The van der Waals surface area contributed by atoms with Crippen LogP contribution in [0.3, 0.4) is 0 Å². The number of nitrogens with one attached hydrogen (secondary N) is 2. The van der Waals surface area contributed by atoms with Crippen LogP contribution in [-0.2, 0) is 0 Å². The molecule has 12 heteroatoms. The fourth-order valence-electron chi connectivity index (χ4n) is 3.67. The van der Waals surface area contributed by atoms with Crippen LogP contribution in [0.2, 0.25) is 0 Å². The lowest BCUT2D eigenvalue weighted by atomic mass is 10.1. The minimum Gasteiger partial charge on any atom is -0.393 e. The topological polar surface area (TPSA) is 128 Å². The quantitative estimate of drug-likeness (QED) is 0.346. The first-order chi connectivity index (χ1) is 16.2. The highest BCUT2D eigenvalue weighted by molar-refractivity contribution is 7.19. The zero-order chi connectivity index (χ0) is 24.8. The van der Waals surface area contributed by atoms with Crippen LogP contribution in [0.5, 0.6) is 0 Å². The van der Waals surface area contributed by atoms with Gasteiger partial charge in [-0.25, -0.2) is 18.2 Å². The molecule has 1 aromatic carbocycles. The van der Waals surface area contributed by atoms with Gasteiger partial charge in [0.2, 0.25) is 0 Å². The molecule has 0 aliphatic carbocycles. The van der Waals surface area contributed by atoms with Crippen molar-refractivity contribution in [1.29, 1.82) is 5.41 Å². The molecule has 1 aliphatic rings. The molecule has 3 rings (SSSR count).